The third kappa shape index (κ3) is 3.31. The summed E-state index contributed by atoms with van der Waals surface area (Å²) in [7, 11) is 1.53. The molecule has 3 aromatic rings. The zero-order chi connectivity index (χ0) is 22.2. The Kier molecular flexibility index (Phi) is 5.31. The average molecular weight is 446 g/mol. The molecule has 1 aromatic heterocycles. The first-order valence-corrected chi connectivity index (χ1v) is 11.6. The fourth-order valence-corrected chi connectivity index (χ4v) is 5.49. The molecule has 1 N–H and O–H groups in total. The smallest absolute Gasteiger partial charge is 0.300 e. The number of aliphatic hydroxyl groups excluding tert-OH is 1. The minimum atomic E-state index is -0.720. The number of carbonyl (C=O) groups is 2. The van der Waals surface area contributed by atoms with E-state index in [4.69, 9.17) is 4.74 Å². The molecular weight excluding hydrogens is 422 g/mol. The summed E-state index contributed by atoms with van der Waals surface area (Å²) in [5.74, 6) is -1.01. The van der Waals surface area contributed by atoms with Crippen LogP contribution in [0.25, 0.3) is 5.76 Å². The molecule has 0 saturated carbocycles. The van der Waals surface area contributed by atoms with E-state index in [2.05, 4.69) is 0 Å². The van der Waals surface area contributed by atoms with E-state index in [1.807, 2.05) is 41.8 Å². The van der Waals surface area contributed by atoms with Crippen molar-refractivity contribution in [2.45, 2.75) is 31.7 Å². The summed E-state index contributed by atoms with van der Waals surface area (Å²) in [5.41, 5.74) is 3.67. The van der Waals surface area contributed by atoms with Crippen LogP contribution in [0.5, 0.6) is 5.75 Å². The number of anilines is 1. The van der Waals surface area contributed by atoms with Gasteiger partial charge in [-0.2, -0.15) is 0 Å². The van der Waals surface area contributed by atoms with Crippen molar-refractivity contribution in [2.75, 3.05) is 12.0 Å². The molecule has 1 amide bonds. The lowest BCUT2D eigenvalue weighted by molar-refractivity contribution is -0.132. The molecule has 5 rings (SSSR count). The first-order chi connectivity index (χ1) is 15.6. The molecule has 162 valence electrons. The molecule has 0 bridgehead atoms. The molecule has 1 aliphatic heterocycles. The van der Waals surface area contributed by atoms with Crippen molar-refractivity contribution >= 4 is 34.5 Å². The number of aliphatic hydroxyl groups is 1. The monoisotopic (exact) mass is 445 g/mol. The maximum atomic E-state index is 13.3. The number of ketones is 1. The third-order valence-corrected chi connectivity index (χ3v) is 7.15. The number of methoxy groups -OCH3 is 1. The van der Waals surface area contributed by atoms with Crippen LogP contribution < -0.4 is 9.64 Å². The second kappa shape index (κ2) is 8.28. The van der Waals surface area contributed by atoms with Gasteiger partial charge in [-0.1, -0.05) is 30.3 Å². The Morgan fingerprint density at radius 1 is 1.03 bits per heavy atom. The Labute approximate surface area is 190 Å². The minimum Gasteiger partial charge on any atom is -0.507 e. The maximum Gasteiger partial charge on any atom is 0.300 e. The predicted molar refractivity (Wildman–Crippen MR) is 125 cm³/mol. The van der Waals surface area contributed by atoms with E-state index in [0.29, 0.717) is 17.0 Å². The lowest BCUT2D eigenvalue weighted by Crippen LogP contribution is -2.29. The van der Waals surface area contributed by atoms with Gasteiger partial charge in [-0.05, 0) is 66.5 Å². The number of aryl methyl sites for hydroxylation is 2. The number of thiophene rings is 1. The highest BCUT2D eigenvalue weighted by Gasteiger charge is 2.48. The molecule has 0 spiro atoms. The molecule has 1 saturated heterocycles. The summed E-state index contributed by atoms with van der Waals surface area (Å²) in [4.78, 5) is 28.7. The fourth-order valence-electron chi connectivity index (χ4n) is 4.66. The van der Waals surface area contributed by atoms with E-state index in [1.54, 1.807) is 18.2 Å². The number of fused-ring (bicyclic) bond motifs is 1. The van der Waals surface area contributed by atoms with Crippen molar-refractivity contribution in [3.8, 4) is 5.75 Å². The molecule has 32 heavy (non-hydrogen) atoms. The summed E-state index contributed by atoms with van der Waals surface area (Å²) in [6.07, 6.45) is 4.27. The number of para-hydroxylation sites is 2. The van der Waals surface area contributed by atoms with Crippen LogP contribution >= 0.6 is 11.3 Å². The topological polar surface area (TPSA) is 66.8 Å². The molecule has 1 fully saturated rings. The lowest BCUT2D eigenvalue weighted by atomic mass is 9.89. The van der Waals surface area contributed by atoms with Gasteiger partial charge in [0.25, 0.3) is 11.7 Å². The molecular formula is C26H23NO4S. The van der Waals surface area contributed by atoms with Crippen LogP contribution in [-0.2, 0) is 22.4 Å². The zero-order valence-electron chi connectivity index (χ0n) is 17.7. The first kappa shape index (κ1) is 20.5. The highest BCUT2D eigenvalue weighted by Crippen LogP contribution is 2.46. The van der Waals surface area contributed by atoms with Crippen LogP contribution in [0.3, 0.4) is 0 Å². The summed E-state index contributed by atoms with van der Waals surface area (Å²) in [5, 5.41) is 13.2. The molecule has 6 heteroatoms. The van der Waals surface area contributed by atoms with Gasteiger partial charge in [-0.15, -0.1) is 11.3 Å². The summed E-state index contributed by atoms with van der Waals surface area (Å²) < 4.78 is 5.47. The van der Waals surface area contributed by atoms with Crippen molar-refractivity contribution in [2.24, 2.45) is 0 Å². The van der Waals surface area contributed by atoms with Crippen molar-refractivity contribution in [1.29, 1.82) is 0 Å². The van der Waals surface area contributed by atoms with Crippen LogP contribution in [0.4, 0.5) is 5.69 Å². The van der Waals surface area contributed by atoms with Gasteiger partial charge in [0.05, 0.1) is 18.4 Å². The highest BCUT2D eigenvalue weighted by molar-refractivity contribution is 7.10. The van der Waals surface area contributed by atoms with Gasteiger partial charge in [-0.3, -0.25) is 14.5 Å². The second-order valence-electron chi connectivity index (χ2n) is 8.05. The van der Waals surface area contributed by atoms with Crippen molar-refractivity contribution in [3.05, 3.63) is 87.1 Å². The van der Waals surface area contributed by atoms with Crippen LogP contribution in [0, 0.1) is 0 Å². The number of rotatable bonds is 4. The Bertz CT molecular complexity index is 1230. The average Bonchev–Trinajstić information content (AvgIpc) is 3.45. The van der Waals surface area contributed by atoms with Crippen molar-refractivity contribution in [3.63, 3.8) is 0 Å². The number of nitrogens with zero attached hydrogens (tertiary/aromatic N) is 1. The molecule has 0 radical (unpaired) electrons. The summed E-state index contributed by atoms with van der Waals surface area (Å²) in [6.45, 7) is 0. The van der Waals surface area contributed by atoms with E-state index in [9.17, 15) is 14.7 Å². The Hall–Kier alpha value is -3.38. The molecule has 1 unspecified atom stereocenters. The second-order valence-corrected chi connectivity index (χ2v) is 9.03. The van der Waals surface area contributed by atoms with Crippen molar-refractivity contribution < 1.29 is 19.4 Å². The number of Topliss-reactive ketones (excluding diaryl/α,β-unsaturated/α-hetero) is 1. The van der Waals surface area contributed by atoms with Gasteiger partial charge in [0.2, 0.25) is 0 Å². The van der Waals surface area contributed by atoms with Gasteiger partial charge < -0.3 is 9.84 Å². The largest absolute Gasteiger partial charge is 0.507 e. The van der Waals surface area contributed by atoms with Gasteiger partial charge in [0.1, 0.15) is 17.6 Å². The van der Waals surface area contributed by atoms with Crippen LogP contribution in [0.1, 0.15) is 40.5 Å². The molecule has 5 nitrogen and oxygen atoms in total. The quantitative estimate of drug-likeness (QED) is 0.338. The van der Waals surface area contributed by atoms with E-state index >= 15 is 0 Å². The highest BCUT2D eigenvalue weighted by atomic mass is 32.1. The maximum absolute atomic E-state index is 13.3. The van der Waals surface area contributed by atoms with Gasteiger partial charge in [0.15, 0.2) is 0 Å². The number of carbonyl (C=O) groups excluding carboxylic acids is 2. The molecule has 1 aliphatic carbocycles. The number of benzene rings is 2. The minimum absolute atomic E-state index is 0.110. The third-order valence-electron chi connectivity index (χ3n) is 6.22. The van der Waals surface area contributed by atoms with E-state index in [1.165, 1.54) is 40.9 Å². The number of hydrogen-bond donors (Lipinski definition) is 1. The Balaban J connectivity index is 1.69. The molecule has 2 heterocycles. The molecule has 2 aromatic carbocycles. The van der Waals surface area contributed by atoms with E-state index in [-0.39, 0.29) is 11.3 Å². The zero-order valence-corrected chi connectivity index (χ0v) is 18.5. The number of amides is 1. The van der Waals surface area contributed by atoms with E-state index < -0.39 is 17.7 Å². The van der Waals surface area contributed by atoms with Crippen LogP contribution in [-0.4, -0.2) is 23.9 Å². The van der Waals surface area contributed by atoms with Gasteiger partial charge >= 0.3 is 0 Å². The lowest BCUT2D eigenvalue weighted by Gasteiger charge is -2.25. The van der Waals surface area contributed by atoms with Gasteiger partial charge in [0, 0.05) is 10.4 Å². The summed E-state index contributed by atoms with van der Waals surface area (Å²) >= 11 is 1.44. The number of ether oxygens (including phenoxy) is 1. The molecule has 1 atom stereocenters. The fraction of sp³-hybridized carbons (Fsp3) is 0.231. The molecule has 2 aliphatic rings. The first-order valence-electron chi connectivity index (χ1n) is 10.7. The SMILES string of the molecule is COc1ccccc1N1C(=O)C(=O)/C(=C(\O)c2ccc3c(c2)CCCC3)C1c1cccs1. The predicted octanol–water partition coefficient (Wildman–Crippen LogP) is 5.26. The summed E-state index contributed by atoms with van der Waals surface area (Å²) in [6, 6.07) is 16.0. The standard InChI is InChI=1S/C26H23NO4S/c1-31-20-10-5-4-9-19(20)27-23(21-11-6-14-32-21)22(25(29)26(27)30)24(28)18-13-12-16-7-2-3-8-17(16)15-18/h4-6,9-15,23,28H,2-3,7-8H2,1H3/b24-22-. The van der Waals surface area contributed by atoms with Crippen molar-refractivity contribution in [1.82, 2.24) is 0 Å². The normalized spacial score (nSPS) is 19.8. The van der Waals surface area contributed by atoms with E-state index in [0.717, 1.165) is 24.1 Å². The van der Waals surface area contributed by atoms with Crippen LogP contribution in [0.15, 0.2) is 65.6 Å². The number of hydrogen-bond acceptors (Lipinski definition) is 5. The van der Waals surface area contributed by atoms with Gasteiger partial charge in [-0.25, -0.2) is 0 Å². The Morgan fingerprint density at radius 3 is 2.56 bits per heavy atom. The Morgan fingerprint density at radius 2 is 1.81 bits per heavy atom. The van der Waals surface area contributed by atoms with Crippen LogP contribution in [0.2, 0.25) is 0 Å².